The first-order valence-electron chi connectivity index (χ1n) is 3.95. The molecule has 1 atom stereocenters. The maximum absolute atomic E-state index is 11.2. The molecule has 0 N–H and O–H groups in total. The van der Waals surface area contributed by atoms with Crippen LogP contribution < -0.4 is 0 Å². The lowest BCUT2D eigenvalue weighted by molar-refractivity contribution is -0.131. The Morgan fingerprint density at radius 3 is 2.55 bits per heavy atom. The Labute approximate surface area is 77.1 Å². The molecule has 1 unspecified atom stereocenters. The maximum Gasteiger partial charge on any atom is 0.223 e. The zero-order valence-electron chi connectivity index (χ0n) is 7.43. The van der Waals surface area contributed by atoms with E-state index in [2.05, 4.69) is 29.8 Å². The quantitative estimate of drug-likeness (QED) is 0.666. The molecule has 0 saturated carbocycles. The van der Waals surface area contributed by atoms with Crippen molar-refractivity contribution in [2.75, 3.05) is 12.4 Å². The van der Waals surface area contributed by atoms with Crippen LogP contribution in [-0.4, -0.2) is 29.2 Å². The minimum Gasteiger partial charge on any atom is -0.343 e. The van der Waals surface area contributed by atoms with E-state index in [9.17, 15) is 4.79 Å². The zero-order valence-corrected chi connectivity index (χ0v) is 9.02. The van der Waals surface area contributed by atoms with Gasteiger partial charge in [-0.15, -0.1) is 0 Å². The fourth-order valence-electron chi connectivity index (χ4n) is 0.777. The van der Waals surface area contributed by atoms with Crippen LogP contribution in [-0.2, 0) is 4.79 Å². The summed E-state index contributed by atoms with van der Waals surface area (Å²) >= 11 is 3.24. The molecule has 0 radical (unpaired) electrons. The summed E-state index contributed by atoms with van der Waals surface area (Å²) in [5.74, 6) is 0.219. The molecule has 0 aliphatic rings. The second-order valence-electron chi connectivity index (χ2n) is 2.70. The van der Waals surface area contributed by atoms with Crippen molar-refractivity contribution < 1.29 is 4.79 Å². The van der Waals surface area contributed by atoms with E-state index in [1.165, 1.54) is 0 Å². The third kappa shape index (κ3) is 3.75. The van der Waals surface area contributed by atoms with Crippen LogP contribution in [0.5, 0.6) is 0 Å². The van der Waals surface area contributed by atoms with E-state index in [0.29, 0.717) is 12.5 Å². The predicted octanol–water partition coefficient (Wildman–Crippen LogP) is 2.03. The highest BCUT2D eigenvalue weighted by Gasteiger charge is 2.12. The molecule has 0 saturated heterocycles. The highest BCUT2D eigenvalue weighted by molar-refractivity contribution is 9.09. The second-order valence-corrected chi connectivity index (χ2v) is 3.49. The monoisotopic (exact) mass is 221 g/mol. The lowest BCUT2D eigenvalue weighted by Gasteiger charge is -2.23. The molecule has 0 rings (SSSR count). The third-order valence-electron chi connectivity index (χ3n) is 1.95. The average Bonchev–Trinajstić information content (AvgIpc) is 2.02. The van der Waals surface area contributed by atoms with Gasteiger partial charge in [-0.25, -0.2) is 0 Å². The van der Waals surface area contributed by atoms with Crippen molar-refractivity contribution in [1.29, 1.82) is 0 Å². The first-order valence-corrected chi connectivity index (χ1v) is 5.07. The number of halogens is 1. The van der Waals surface area contributed by atoms with Gasteiger partial charge in [-0.3, -0.25) is 4.79 Å². The molecule has 0 fully saturated rings. The van der Waals surface area contributed by atoms with Gasteiger partial charge in [0.2, 0.25) is 5.91 Å². The largest absolute Gasteiger partial charge is 0.343 e. The number of hydrogen-bond donors (Lipinski definition) is 0. The summed E-state index contributed by atoms with van der Waals surface area (Å²) in [6, 6.07) is 0.363. The van der Waals surface area contributed by atoms with Gasteiger partial charge in [-0.05, 0) is 13.3 Å². The predicted molar refractivity (Wildman–Crippen MR) is 50.9 cm³/mol. The summed E-state index contributed by atoms with van der Waals surface area (Å²) in [5.41, 5.74) is 0. The number of rotatable bonds is 4. The molecule has 0 spiro atoms. The van der Waals surface area contributed by atoms with E-state index in [1.54, 1.807) is 4.90 Å². The summed E-state index contributed by atoms with van der Waals surface area (Å²) < 4.78 is 0. The number of carbonyl (C=O) groups excluding carboxylic acids is 1. The summed E-state index contributed by atoms with van der Waals surface area (Å²) in [5, 5.41) is 0.757. The Morgan fingerprint density at radius 2 is 2.18 bits per heavy atom. The highest BCUT2D eigenvalue weighted by Crippen LogP contribution is 2.03. The molecule has 11 heavy (non-hydrogen) atoms. The van der Waals surface area contributed by atoms with Crippen molar-refractivity contribution in [2.24, 2.45) is 0 Å². The highest BCUT2D eigenvalue weighted by atomic mass is 79.9. The van der Waals surface area contributed by atoms with Gasteiger partial charge in [-0.2, -0.15) is 0 Å². The molecular formula is C8H16BrNO. The molecule has 0 bridgehead atoms. The van der Waals surface area contributed by atoms with E-state index >= 15 is 0 Å². The second kappa shape index (κ2) is 5.58. The maximum atomic E-state index is 11.2. The van der Waals surface area contributed by atoms with Crippen LogP contribution >= 0.6 is 15.9 Å². The Hall–Kier alpha value is -0.0500. The molecule has 0 heterocycles. The third-order valence-corrected chi connectivity index (χ3v) is 2.35. The Bertz CT molecular complexity index is 127. The van der Waals surface area contributed by atoms with E-state index in [-0.39, 0.29) is 5.91 Å². The standard InChI is InChI=1S/C8H16BrNO/c1-4-7(2)10(3)8(11)5-6-9/h7H,4-6H2,1-3H3. The Balaban J connectivity index is 3.80. The van der Waals surface area contributed by atoms with Crippen LogP contribution in [0.15, 0.2) is 0 Å². The minimum absolute atomic E-state index is 0.219. The summed E-state index contributed by atoms with van der Waals surface area (Å²) in [6.45, 7) is 4.15. The van der Waals surface area contributed by atoms with Crippen LogP contribution in [0.2, 0.25) is 0 Å². The molecule has 0 aliphatic carbocycles. The van der Waals surface area contributed by atoms with E-state index < -0.39 is 0 Å². The van der Waals surface area contributed by atoms with Gasteiger partial charge in [0.1, 0.15) is 0 Å². The van der Waals surface area contributed by atoms with Gasteiger partial charge < -0.3 is 4.90 Å². The number of alkyl halides is 1. The average molecular weight is 222 g/mol. The van der Waals surface area contributed by atoms with Crippen LogP contribution in [0.3, 0.4) is 0 Å². The molecule has 1 amide bonds. The van der Waals surface area contributed by atoms with Crippen LogP contribution in [0.25, 0.3) is 0 Å². The van der Waals surface area contributed by atoms with Crippen molar-refractivity contribution in [3.05, 3.63) is 0 Å². The molecule has 3 heteroatoms. The van der Waals surface area contributed by atoms with E-state index in [0.717, 1.165) is 11.8 Å². The van der Waals surface area contributed by atoms with Crippen molar-refractivity contribution >= 4 is 21.8 Å². The molecule has 0 aliphatic heterocycles. The van der Waals surface area contributed by atoms with Crippen molar-refractivity contribution in [1.82, 2.24) is 4.90 Å². The molecule has 66 valence electrons. The van der Waals surface area contributed by atoms with Crippen molar-refractivity contribution in [3.63, 3.8) is 0 Å². The van der Waals surface area contributed by atoms with Crippen LogP contribution in [0, 0.1) is 0 Å². The minimum atomic E-state index is 0.219. The summed E-state index contributed by atoms with van der Waals surface area (Å²) in [6.07, 6.45) is 1.62. The molecule has 2 nitrogen and oxygen atoms in total. The first kappa shape index (κ1) is 11.0. The van der Waals surface area contributed by atoms with Crippen LogP contribution in [0.1, 0.15) is 26.7 Å². The zero-order chi connectivity index (χ0) is 8.85. The molecular weight excluding hydrogens is 206 g/mol. The summed E-state index contributed by atoms with van der Waals surface area (Å²) in [4.78, 5) is 13.0. The van der Waals surface area contributed by atoms with Crippen LogP contribution in [0.4, 0.5) is 0 Å². The SMILES string of the molecule is CCC(C)N(C)C(=O)CCBr. The Morgan fingerprint density at radius 1 is 1.64 bits per heavy atom. The smallest absolute Gasteiger partial charge is 0.223 e. The topological polar surface area (TPSA) is 20.3 Å². The van der Waals surface area contributed by atoms with E-state index in [1.807, 2.05) is 7.05 Å². The lowest BCUT2D eigenvalue weighted by atomic mass is 10.2. The lowest BCUT2D eigenvalue weighted by Crippen LogP contribution is -2.34. The molecule has 0 aromatic heterocycles. The Kier molecular flexibility index (Phi) is 5.56. The molecule has 0 aromatic rings. The number of hydrogen-bond acceptors (Lipinski definition) is 1. The van der Waals surface area contributed by atoms with Gasteiger partial charge in [0.05, 0.1) is 0 Å². The van der Waals surface area contributed by atoms with Gasteiger partial charge in [0, 0.05) is 24.8 Å². The number of carbonyl (C=O) groups is 1. The van der Waals surface area contributed by atoms with Crippen molar-refractivity contribution in [3.8, 4) is 0 Å². The van der Waals surface area contributed by atoms with E-state index in [4.69, 9.17) is 0 Å². The van der Waals surface area contributed by atoms with Gasteiger partial charge in [-0.1, -0.05) is 22.9 Å². The summed E-state index contributed by atoms with van der Waals surface area (Å²) in [7, 11) is 1.86. The first-order chi connectivity index (χ1) is 5.13. The fraction of sp³-hybridized carbons (Fsp3) is 0.875. The van der Waals surface area contributed by atoms with Gasteiger partial charge in [0.15, 0.2) is 0 Å². The number of nitrogens with zero attached hydrogens (tertiary/aromatic N) is 1. The van der Waals surface area contributed by atoms with Gasteiger partial charge >= 0.3 is 0 Å². The number of amides is 1. The van der Waals surface area contributed by atoms with Gasteiger partial charge in [0.25, 0.3) is 0 Å². The molecule has 0 aromatic carbocycles. The van der Waals surface area contributed by atoms with Crippen molar-refractivity contribution in [2.45, 2.75) is 32.7 Å². The fourth-order valence-corrected chi connectivity index (χ4v) is 1.12. The normalized spacial score (nSPS) is 12.7.